The summed E-state index contributed by atoms with van der Waals surface area (Å²) in [5.74, 6) is 2.19. The molecule has 0 spiro atoms. The lowest BCUT2D eigenvalue weighted by atomic mass is 10.1. The maximum atomic E-state index is 4.65. The summed E-state index contributed by atoms with van der Waals surface area (Å²) in [7, 11) is 0. The fourth-order valence-corrected chi connectivity index (χ4v) is 2.32. The zero-order chi connectivity index (χ0) is 15.7. The van der Waals surface area contributed by atoms with E-state index in [0.717, 1.165) is 28.6 Å². The van der Waals surface area contributed by atoms with E-state index in [1.165, 1.54) is 16.7 Å². The summed E-state index contributed by atoms with van der Waals surface area (Å²) in [6.07, 6.45) is 0. The summed E-state index contributed by atoms with van der Waals surface area (Å²) in [5, 5.41) is 0. The minimum Gasteiger partial charge on any atom is -0.213 e. The first-order valence-corrected chi connectivity index (χ1v) is 7.40. The molecule has 0 saturated heterocycles. The lowest BCUT2D eigenvalue weighted by molar-refractivity contribution is 0.991. The molecule has 1 aromatic heterocycles. The van der Waals surface area contributed by atoms with Crippen LogP contribution in [0, 0.1) is 27.7 Å². The first-order valence-electron chi connectivity index (χ1n) is 7.40. The minimum atomic E-state index is 0.723. The van der Waals surface area contributed by atoms with Gasteiger partial charge in [-0.15, -0.1) is 0 Å². The second kappa shape index (κ2) is 5.68. The SMILES string of the molecule is Cc1ccc(-c2nc(C)nc(-c3ccc(C)c(C)c3)n2)cc1. The Bertz CT molecular complexity index is 821. The Morgan fingerprint density at radius 3 is 1.82 bits per heavy atom. The van der Waals surface area contributed by atoms with Crippen LogP contribution in [-0.4, -0.2) is 15.0 Å². The van der Waals surface area contributed by atoms with Gasteiger partial charge in [-0.05, 0) is 44.9 Å². The Balaban J connectivity index is 2.09. The van der Waals surface area contributed by atoms with Crippen LogP contribution in [0.1, 0.15) is 22.5 Å². The molecule has 3 nitrogen and oxygen atoms in total. The molecule has 0 atom stereocenters. The Labute approximate surface area is 131 Å². The van der Waals surface area contributed by atoms with Crippen LogP contribution in [0.2, 0.25) is 0 Å². The number of aromatic nitrogens is 3. The third kappa shape index (κ3) is 2.89. The van der Waals surface area contributed by atoms with Crippen molar-refractivity contribution in [3.05, 3.63) is 65.0 Å². The molecular weight excluding hydrogens is 270 g/mol. The standard InChI is InChI=1S/C19H19N3/c1-12-5-8-16(9-6-12)18-20-15(4)21-19(22-18)17-10-7-13(2)14(3)11-17/h5-11H,1-4H3. The predicted molar refractivity (Wildman–Crippen MR) is 89.6 cm³/mol. The molecule has 22 heavy (non-hydrogen) atoms. The van der Waals surface area contributed by atoms with Crippen molar-refractivity contribution in [3.63, 3.8) is 0 Å². The molecule has 3 aromatic rings. The quantitative estimate of drug-likeness (QED) is 0.700. The molecule has 0 bridgehead atoms. The summed E-state index contributed by atoms with van der Waals surface area (Å²) >= 11 is 0. The van der Waals surface area contributed by atoms with Crippen molar-refractivity contribution >= 4 is 0 Å². The van der Waals surface area contributed by atoms with Crippen LogP contribution in [0.3, 0.4) is 0 Å². The van der Waals surface area contributed by atoms with Gasteiger partial charge in [0.25, 0.3) is 0 Å². The van der Waals surface area contributed by atoms with E-state index in [1.807, 2.05) is 19.1 Å². The average Bonchev–Trinajstić information content (AvgIpc) is 2.50. The molecule has 3 rings (SSSR count). The predicted octanol–water partition coefficient (Wildman–Crippen LogP) is 4.44. The van der Waals surface area contributed by atoms with Crippen LogP contribution in [-0.2, 0) is 0 Å². The van der Waals surface area contributed by atoms with Gasteiger partial charge in [0.15, 0.2) is 11.6 Å². The van der Waals surface area contributed by atoms with Crippen molar-refractivity contribution in [3.8, 4) is 22.8 Å². The number of aryl methyl sites for hydroxylation is 4. The number of hydrogen-bond acceptors (Lipinski definition) is 3. The van der Waals surface area contributed by atoms with Crippen LogP contribution in [0.5, 0.6) is 0 Å². The first-order chi connectivity index (χ1) is 10.5. The second-order valence-corrected chi connectivity index (χ2v) is 5.69. The Hall–Kier alpha value is -2.55. The maximum absolute atomic E-state index is 4.65. The van der Waals surface area contributed by atoms with Crippen LogP contribution >= 0.6 is 0 Å². The maximum Gasteiger partial charge on any atom is 0.163 e. The van der Waals surface area contributed by atoms with Crippen molar-refractivity contribution in [1.29, 1.82) is 0 Å². The number of hydrogen-bond donors (Lipinski definition) is 0. The third-order valence-electron chi connectivity index (χ3n) is 3.82. The lowest BCUT2D eigenvalue weighted by Gasteiger charge is -2.07. The molecule has 110 valence electrons. The summed E-state index contributed by atoms with van der Waals surface area (Å²) in [6.45, 7) is 8.19. The van der Waals surface area contributed by atoms with E-state index in [4.69, 9.17) is 0 Å². The average molecular weight is 289 g/mol. The van der Waals surface area contributed by atoms with E-state index in [-0.39, 0.29) is 0 Å². The molecule has 2 aromatic carbocycles. The summed E-state index contributed by atoms with van der Waals surface area (Å²) < 4.78 is 0. The highest BCUT2D eigenvalue weighted by atomic mass is 15.0. The number of benzene rings is 2. The smallest absolute Gasteiger partial charge is 0.163 e. The molecule has 0 radical (unpaired) electrons. The van der Waals surface area contributed by atoms with Gasteiger partial charge in [0.1, 0.15) is 5.82 Å². The zero-order valence-electron chi connectivity index (χ0n) is 13.4. The first kappa shape index (κ1) is 14.4. The molecule has 3 heteroatoms. The van der Waals surface area contributed by atoms with E-state index in [1.54, 1.807) is 0 Å². The van der Waals surface area contributed by atoms with Gasteiger partial charge in [-0.1, -0.05) is 42.0 Å². The monoisotopic (exact) mass is 289 g/mol. The largest absolute Gasteiger partial charge is 0.213 e. The van der Waals surface area contributed by atoms with Gasteiger partial charge in [-0.3, -0.25) is 0 Å². The van der Waals surface area contributed by atoms with Gasteiger partial charge in [-0.2, -0.15) is 0 Å². The number of rotatable bonds is 2. The highest BCUT2D eigenvalue weighted by Gasteiger charge is 2.09. The molecule has 0 aliphatic carbocycles. The fraction of sp³-hybridized carbons (Fsp3) is 0.211. The van der Waals surface area contributed by atoms with Crippen molar-refractivity contribution in [2.75, 3.05) is 0 Å². The third-order valence-corrected chi connectivity index (χ3v) is 3.82. The minimum absolute atomic E-state index is 0.723. The summed E-state index contributed by atoms with van der Waals surface area (Å²) in [5.41, 5.74) is 5.78. The van der Waals surface area contributed by atoms with Crippen LogP contribution in [0.4, 0.5) is 0 Å². The Kier molecular flexibility index (Phi) is 3.72. The molecule has 0 fully saturated rings. The van der Waals surface area contributed by atoms with Crippen LogP contribution in [0.25, 0.3) is 22.8 Å². The summed E-state index contributed by atoms with van der Waals surface area (Å²) in [6, 6.07) is 14.5. The van der Waals surface area contributed by atoms with Crippen molar-refractivity contribution in [2.45, 2.75) is 27.7 Å². The van der Waals surface area contributed by atoms with Gasteiger partial charge in [-0.25, -0.2) is 15.0 Å². The van der Waals surface area contributed by atoms with Crippen LogP contribution < -0.4 is 0 Å². The molecule has 0 saturated carbocycles. The molecule has 0 amide bonds. The molecule has 0 aliphatic heterocycles. The summed E-state index contributed by atoms with van der Waals surface area (Å²) in [4.78, 5) is 13.6. The molecule has 0 aliphatic rings. The topological polar surface area (TPSA) is 38.7 Å². The highest BCUT2D eigenvalue weighted by Crippen LogP contribution is 2.22. The lowest BCUT2D eigenvalue weighted by Crippen LogP contribution is -2.00. The van der Waals surface area contributed by atoms with Gasteiger partial charge in [0.05, 0.1) is 0 Å². The van der Waals surface area contributed by atoms with E-state index >= 15 is 0 Å². The Morgan fingerprint density at radius 2 is 1.18 bits per heavy atom. The van der Waals surface area contributed by atoms with Crippen molar-refractivity contribution < 1.29 is 0 Å². The van der Waals surface area contributed by atoms with E-state index < -0.39 is 0 Å². The molecule has 1 heterocycles. The van der Waals surface area contributed by atoms with E-state index in [2.05, 4.69) is 66.1 Å². The molecular formula is C19H19N3. The van der Waals surface area contributed by atoms with Crippen molar-refractivity contribution in [1.82, 2.24) is 15.0 Å². The molecule has 0 unspecified atom stereocenters. The highest BCUT2D eigenvalue weighted by molar-refractivity contribution is 5.62. The van der Waals surface area contributed by atoms with E-state index in [0.29, 0.717) is 0 Å². The Morgan fingerprint density at radius 1 is 0.591 bits per heavy atom. The fourth-order valence-electron chi connectivity index (χ4n) is 2.32. The van der Waals surface area contributed by atoms with Gasteiger partial charge < -0.3 is 0 Å². The normalized spacial score (nSPS) is 10.7. The van der Waals surface area contributed by atoms with Gasteiger partial charge >= 0.3 is 0 Å². The zero-order valence-corrected chi connectivity index (χ0v) is 13.4. The van der Waals surface area contributed by atoms with Crippen molar-refractivity contribution in [2.24, 2.45) is 0 Å². The second-order valence-electron chi connectivity index (χ2n) is 5.69. The van der Waals surface area contributed by atoms with Gasteiger partial charge in [0, 0.05) is 11.1 Å². The van der Waals surface area contributed by atoms with E-state index in [9.17, 15) is 0 Å². The van der Waals surface area contributed by atoms with Crippen LogP contribution in [0.15, 0.2) is 42.5 Å². The van der Waals surface area contributed by atoms with Gasteiger partial charge in [0.2, 0.25) is 0 Å². The molecule has 0 N–H and O–H groups in total. The number of nitrogens with zero attached hydrogens (tertiary/aromatic N) is 3.